The van der Waals surface area contributed by atoms with Gasteiger partial charge in [-0.25, -0.2) is 0 Å². The number of hydrogen-bond acceptors (Lipinski definition) is 7. The molecule has 0 amide bonds. The van der Waals surface area contributed by atoms with E-state index in [2.05, 4.69) is 29.2 Å². The fourth-order valence-corrected chi connectivity index (χ4v) is 6.70. The van der Waals surface area contributed by atoms with Crippen molar-refractivity contribution in [2.75, 3.05) is 7.11 Å². The van der Waals surface area contributed by atoms with Gasteiger partial charge in [0.25, 0.3) is 0 Å². The summed E-state index contributed by atoms with van der Waals surface area (Å²) in [5.41, 5.74) is 0. The average molecular weight is 555 g/mol. The molecule has 0 aromatic heterocycles. The number of hydrogen-bond donors (Lipinski definition) is 0. The van der Waals surface area contributed by atoms with Gasteiger partial charge in [0.05, 0.1) is 31.8 Å². The van der Waals surface area contributed by atoms with E-state index in [1.165, 1.54) is 7.11 Å². The highest BCUT2D eigenvalue weighted by molar-refractivity contribution is 14.1. The summed E-state index contributed by atoms with van der Waals surface area (Å²) in [6.07, 6.45) is 3.43. The van der Waals surface area contributed by atoms with Crippen LogP contribution in [0.2, 0.25) is 0 Å². The molecule has 0 aliphatic carbocycles. The van der Waals surface area contributed by atoms with Gasteiger partial charge in [-0.2, -0.15) is 0 Å². The molecule has 6 bridgehead atoms. The van der Waals surface area contributed by atoms with Crippen LogP contribution in [0.3, 0.4) is 0 Å². The maximum Gasteiger partial charge on any atom is 0.308 e. The quantitative estimate of drug-likeness (QED) is 0.272. The molecule has 30 heavy (non-hydrogen) atoms. The topological polar surface area (TPSA) is 72.5 Å². The van der Waals surface area contributed by atoms with Crippen molar-refractivity contribution in [1.29, 1.82) is 0 Å². The summed E-state index contributed by atoms with van der Waals surface area (Å²) in [5.74, 6) is -0.987. The van der Waals surface area contributed by atoms with Gasteiger partial charge in [0.1, 0.15) is 30.5 Å². The molecular formula is C21H28ClIO7. The Balaban J connectivity index is 1.32. The minimum Gasteiger partial charge on any atom is -0.469 e. The zero-order chi connectivity index (χ0) is 21.0. The molecule has 6 rings (SSSR count). The summed E-state index contributed by atoms with van der Waals surface area (Å²) >= 11 is 8.73. The van der Waals surface area contributed by atoms with Crippen LogP contribution in [-0.4, -0.2) is 73.1 Å². The van der Waals surface area contributed by atoms with Crippen molar-refractivity contribution in [2.45, 2.75) is 105 Å². The SMILES string of the molecule is C=C(I)C[C@H](Cl)CC[C@@]12C[C@H]3O[C@H]4[C@@H](O1)[C@H]1OC(CC(=O)OC)CC[C@@H]1O[C@H]4[C@H]3O2. The van der Waals surface area contributed by atoms with Crippen molar-refractivity contribution in [2.24, 2.45) is 0 Å². The predicted molar refractivity (Wildman–Crippen MR) is 116 cm³/mol. The minimum absolute atomic E-state index is 0.00654. The first kappa shape index (κ1) is 21.9. The summed E-state index contributed by atoms with van der Waals surface area (Å²) in [4.78, 5) is 11.7. The highest BCUT2D eigenvalue weighted by Gasteiger charge is 2.68. The van der Waals surface area contributed by atoms with Gasteiger partial charge < -0.3 is 28.4 Å². The fourth-order valence-electron chi connectivity index (χ4n) is 5.62. The molecule has 6 saturated heterocycles. The van der Waals surface area contributed by atoms with Crippen LogP contribution in [0.4, 0.5) is 0 Å². The second-order valence-corrected chi connectivity index (χ2v) is 11.1. The first-order valence-corrected chi connectivity index (χ1v) is 12.3. The van der Waals surface area contributed by atoms with Gasteiger partial charge in [0.2, 0.25) is 0 Å². The first-order chi connectivity index (χ1) is 14.4. The normalized spacial score (nSPS) is 46.9. The third-order valence-electron chi connectivity index (χ3n) is 6.93. The van der Waals surface area contributed by atoms with Gasteiger partial charge in [-0.05, 0) is 51.9 Å². The molecule has 10 atom stereocenters. The zero-order valence-electron chi connectivity index (χ0n) is 17.0. The minimum atomic E-state index is -0.722. The van der Waals surface area contributed by atoms with Crippen molar-refractivity contribution in [3.05, 3.63) is 10.2 Å². The largest absolute Gasteiger partial charge is 0.469 e. The summed E-state index contributed by atoms with van der Waals surface area (Å²) in [6.45, 7) is 3.95. The number of fused-ring (bicyclic) bond motifs is 1. The van der Waals surface area contributed by atoms with E-state index in [9.17, 15) is 4.79 Å². The third-order valence-corrected chi connectivity index (χ3v) is 7.74. The maximum absolute atomic E-state index is 11.7. The summed E-state index contributed by atoms with van der Waals surface area (Å²) in [7, 11) is 1.40. The van der Waals surface area contributed by atoms with Crippen LogP contribution in [0, 0.1) is 0 Å². The molecule has 0 radical (unpaired) electrons. The number of halogens is 2. The van der Waals surface area contributed by atoms with E-state index < -0.39 is 5.79 Å². The molecule has 0 aromatic carbocycles. The lowest BCUT2D eigenvalue weighted by molar-refractivity contribution is -0.292. The Kier molecular flexibility index (Phi) is 6.14. The Bertz CT molecular complexity index is 707. The summed E-state index contributed by atoms with van der Waals surface area (Å²) in [6, 6.07) is 0. The van der Waals surface area contributed by atoms with Crippen LogP contribution >= 0.6 is 34.2 Å². The molecule has 0 spiro atoms. The Morgan fingerprint density at radius 2 is 1.87 bits per heavy atom. The lowest BCUT2D eigenvalue weighted by atomic mass is 9.87. The molecule has 0 saturated carbocycles. The van der Waals surface area contributed by atoms with Crippen LogP contribution in [0.25, 0.3) is 0 Å². The second kappa shape index (κ2) is 8.43. The molecule has 6 aliphatic rings. The molecule has 6 fully saturated rings. The summed E-state index contributed by atoms with van der Waals surface area (Å²) < 4.78 is 38.1. The molecule has 7 nitrogen and oxygen atoms in total. The molecule has 9 heteroatoms. The van der Waals surface area contributed by atoms with Gasteiger partial charge in [-0.1, -0.05) is 6.58 Å². The van der Waals surface area contributed by atoms with Crippen molar-refractivity contribution in [3.63, 3.8) is 0 Å². The monoisotopic (exact) mass is 554 g/mol. The van der Waals surface area contributed by atoms with E-state index in [0.29, 0.717) is 12.8 Å². The molecule has 6 heterocycles. The van der Waals surface area contributed by atoms with Gasteiger partial charge in [-0.15, -0.1) is 11.6 Å². The molecule has 6 aliphatic heterocycles. The Morgan fingerprint density at radius 1 is 1.13 bits per heavy atom. The predicted octanol–water partition coefficient (Wildman–Crippen LogP) is 3.24. The number of rotatable bonds is 7. The van der Waals surface area contributed by atoms with E-state index >= 15 is 0 Å². The highest BCUT2D eigenvalue weighted by Crippen LogP contribution is 2.54. The number of esters is 1. The molecular weight excluding hydrogens is 527 g/mol. The van der Waals surface area contributed by atoms with Crippen molar-refractivity contribution in [1.82, 2.24) is 0 Å². The summed E-state index contributed by atoms with van der Waals surface area (Å²) in [5, 5.41) is -0.00654. The lowest BCUT2D eigenvalue weighted by Crippen LogP contribution is -2.61. The fraction of sp³-hybridized carbons (Fsp3) is 0.857. The Hall–Kier alpha value is 0.0300. The standard InChI is InChI=1S/C21H28ClIO7/c1-10(23)7-11(22)5-6-21-9-14-17(29-21)18-19(28-14)20(30-21)16-13(27-18)4-3-12(26-16)8-15(24)25-2/h11-14,16-20H,1,3-9H2,2H3/t11-,12?,13+,14-,16+,17+,18+,19-,20+,21+/m1/s1. The molecule has 0 N–H and O–H groups in total. The van der Waals surface area contributed by atoms with E-state index in [1.807, 2.05) is 0 Å². The van der Waals surface area contributed by atoms with E-state index in [0.717, 1.165) is 29.3 Å². The van der Waals surface area contributed by atoms with Crippen LogP contribution in [-0.2, 0) is 33.2 Å². The number of allylic oxidation sites excluding steroid dienone is 1. The molecule has 168 valence electrons. The van der Waals surface area contributed by atoms with Gasteiger partial charge in [0, 0.05) is 18.2 Å². The number of ether oxygens (including phenoxy) is 6. The number of carbonyl (C=O) groups is 1. The van der Waals surface area contributed by atoms with E-state index in [4.69, 9.17) is 40.0 Å². The third kappa shape index (κ3) is 3.95. The van der Waals surface area contributed by atoms with E-state index in [1.54, 1.807) is 0 Å². The van der Waals surface area contributed by atoms with Gasteiger partial charge >= 0.3 is 5.97 Å². The second-order valence-electron chi connectivity index (χ2n) is 9.00. The zero-order valence-corrected chi connectivity index (χ0v) is 19.9. The van der Waals surface area contributed by atoms with Crippen molar-refractivity contribution < 1.29 is 33.2 Å². The number of carbonyl (C=O) groups excluding carboxylic acids is 1. The van der Waals surface area contributed by atoms with Crippen LogP contribution in [0.15, 0.2) is 10.2 Å². The number of methoxy groups -OCH3 is 1. The highest BCUT2D eigenvalue weighted by atomic mass is 127. The lowest BCUT2D eigenvalue weighted by Gasteiger charge is -2.47. The van der Waals surface area contributed by atoms with Crippen molar-refractivity contribution in [3.8, 4) is 0 Å². The van der Waals surface area contributed by atoms with Crippen molar-refractivity contribution >= 4 is 40.2 Å². The average Bonchev–Trinajstić information content (AvgIpc) is 3.11. The molecule has 1 unspecified atom stereocenters. The Labute approximate surface area is 195 Å². The van der Waals surface area contributed by atoms with Crippen LogP contribution < -0.4 is 0 Å². The van der Waals surface area contributed by atoms with Crippen LogP contribution in [0.1, 0.15) is 44.9 Å². The Morgan fingerprint density at radius 3 is 2.63 bits per heavy atom. The van der Waals surface area contributed by atoms with Gasteiger partial charge in [0.15, 0.2) is 5.79 Å². The van der Waals surface area contributed by atoms with Gasteiger partial charge in [-0.3, -0.25) is 4.79 Å². The molecule has 0 aromatic rings. The van der Waals surface area contributed by atoms with Crippen LogP contribution in [0.5, 0.6) is 0 Å². The smallest absolute Gasteiger partial charge is 0.308 e. The first-order valence-electron chi connectivity index (χ1n) is 10.7. The maximum atomic E-state index is 11.7. The van der Waals surface area contributed by atoms with E-state index in [-0.39, 0.29) is 66.6 Å². The number of alkyl halides is 1.